The molecule has 0 radical (unpaired) electrons. The Hall–Kier alpha value is -3.37. The number of allylic oxidation sites excluding steroid dienone is 18. The Balaban J connectivity index is 4.49. The van der Waals surface area contributed by atoms with Gasteiger partial charge in [0.05, 0.1) is 19.8 Å². The van der Waals surface area contributed by atoms with Crippen molar-refractivity contribution in [3.05, 3.63) is 109 Å². The van der Waals surface area contributed by atoms with Crippen LogP contribution in [0.25, 0.3) is 0 Å². The number of hydrogen-bond acceptors (Lipinski definition) is 9. The standard InChI is InChI=1S/C46H73O10P/c1-3-5-7-9-11-13-15-17-19-20-21-22-24-25-27-29-31-33-35-37-45(49)53-41-44(42-55-57(51,52)54-40-43(48)39-47)56-46(50)38-36-34-32-30-28-26-23-18-16-14-12-10-8-6-4-2/h5-8,11-14,17-19,21-23,25,27,31,33,43-44,47-48H,3-4,9-10,15-16,20,24,26,28-30,32,34-42H2,1-2H3,(H,51,52)/b7-5-,8-6-,13-11-,14-12-,19-17-,22-21-,23-18-,27-25-,33-31-/t43-,44+/m0/s1. The number of esters is 2. The molecule has 3 atom stereocenters. The van der Waals surface area contributed by atoms with Crippen LogP contribution in [0.15, 0.2) is 109 Å². The lowest BCUT2D eigenvalue weighted by atomic mass is 10.1. The molecule has 0 heterocycles. The third-order valence-corrected chi connectivity index (χ3v) is 8.89. The summed E-state index contributed by atoms with van der Waals surface area (Å²) in [6.45, 7) is 2.01. The zero-order chi connectivity index (χ0) is 41.9. The smallest absolute Gasteiger partial charge is 0.462 e. The van der Waals surface area contributed by atoms with E-state index >= 15 is 0 Å². The average Bonchev–Trinajstić information content (AvgIpc) is 3.20. The minimum absolute atomic E-state index is 0.105. The van der Waals surface area contributed by atoms with Crippen LogP contribution in [0.4, 0.5) is 0 Å². The molecule has 1 unspecified atom stereocenters. The van der Waals surface area contributed by atoms with E-state index in [-0.39, 0.29) is 19.4 Å². The van der Waals surface area contributed by atoms with Gasteiger partial charge in [-0.3, -0.25) is 18.6 Å². The van der Waals surface area contributed by atoms with Crippen LogP contribution < -0.4 is 0 Å². The van der Waals surface area contributed by atoms with Gasteiger partial charge in [0.2, 0.25) is 0 Å². The van der Waals surface area contributed by atoms with Crippen molar-refractivity contribution >= 4 is 19.8 Å². The molecule has 11 heteroatoms. The number of rotatable bonds is 37. The first kappa shape index (κ1) is 53.6. The molecule has 0 aromatic heterocycles. The number of carbonyl (C=O) groups excluding carboxylic acids is 2. The van der Waals surface area contributed by atoms with E-state index < -0.39 is 51.8 Å². The Bertz CT molecular complexity index is 1310. The molecule has 3 N–H and O–H groups in total. The molecule has 0 saturated carbocycles. The maximum Gasteiger partial charge on any atom is 0.472 e. The number of ether oxygens (including phenoxy) is 2. The van der Waals surface area contributed by atoms with Gasteiger partial charge in [-0.05, 0) is 83.5 Å². The van der Waals surface area contributed by atoms with Gasteiger partial charge in [-0.15, -0.1) is 0 Å². The summed E-state index contributed by atoms with van der Waals surface area (Å²) >= 11 is 0. The van der Waals surface area contributed by atoms with E-state index in [0.29, 0.717) is 12.8 Å². The summed E-state index contributed by atoms with van der Waals surface area (Å²) in [6.07, 6.45) is 50.7. The third-order valence-electron chi connectivity index (χ3n) is 7.94. The molecule has 0 spiro atoms. The monoisotopic (exact) mass is 816 g/mol. The highest BCUT2D eigenvalue weighted by Gasteiger charge is 2.27. The van der Waals surface area contributed by atoms with E-state index in [9.17, 15) is 24.2 Å². The predicted octanol–water partition coefficient (Wildman–Crippen LogP) is 11.0. The minimum Gasteiger partial charge on any atom is -0.462 e. The first-order valence-electron chi connectivity index (χ1n) is 20.8. The topological polar surface area (TPSA) is 149 Å². The van der Waals surface area contributed by atoms with Crippen LogP contribution >= 0.6 is 7.82 Å². The first-order chi connectivity index (χ1) is 27.7. The second kappa shape index (κ2) is 40.8. The van der Waals surface area contributed by atoms with E-state index in [2.05, 4.69) is 116 Å². The number of carbonyl (C=O) groups is 2. The summed E-state index contributed by atoms with van der Waals surface area (Å²) in [6, 6.07) is 0. The van der Waals surface area contributed by atoms with Crippen LogP contribution in [0, 0.1) is 0 Å². The van der Waals surface area contributed by atoms with Crippen molar-refractivity contribution in [2.75, 3.05) is 26.4 Å². The van der Waals surface area contributed by atoms with E-state index in [0.717, 1.165) is 89.9 Å². The fraction of sp³-hybridized carbons (Fsp3) is 0.565. The van der Waals surface area contributed by atoms with Crippen LogP contribution in [-0.2, 0) is 32.7 Å². The van der Waals surface area contributed by atoms with Crippen LogP contribution in [0.3, 0.4) is 0 Å². The average molecular weight is 817 g/mol. The van der Waals surface area contributed by atoms with E-state index in [4.69, 9.17) is 19.1 Å². The zero-order valence-corrected chi connectivity index (χ0v) is 35.6. The van der Waals surface area contributed by atoms with Gasteiger partial charge in [0.25, 0.3) is 0 Å². The van der Waals surface area contributed by atoms with E-state index in [1.165, 1.54) is 0 Å². The molecule has 0 bridgehead atoms. The summed E-state index contributed by atoms with van der Waals surface area (Å²) in [5, 5.41) is 18.3. The highest BCUT2D eigenvalue weighted by Crippen LogP contribution is 2.43. The number of phosphoric acid groups is 1. The Morgan fingerprint density at radius 1 is 0.526 bits per heavy atom. The lowest BCUT2D eigenvalue weighted by Crippen LogP contribution is -2.29. The SMILES string of the molecule is CC/C=C\C/C=C\C/C=C\C/C=C\C/C=C\C/C=C\CCC(=O)OC[C@H](COP(=O)(O)OC[C@@H](O)CO)OC(=O)CCCCCCC/C=C\C/C=C\C/C=C\CC. The fourth-order valence-corrected chi connectivity index (χ4v) is 5.59. The van der Waals surface area contributed by atoms with Crippen molar-refractivity contribution in [2.24, 2.45) is 0 Å². The van der Waals surface area contributed by atoms with Gasteiger partial charge in [0.15, 0.2) is 6.10 Å². The van der Waals surface area contributed by atoms with Crippen LogP contribution in [0.5, 0.6) is 0 Å². The number of aliphatic hydroxyl groups excluding tert-OH is 2. The summed E-state index contributed by atoms with van der Waals surface area (Å²) in [5.41, 5.74) is 0. The van der Waals surface area contributed by atoms with E-state index in [1.54, 1.807) is 0 Å². The largest absolute Gasteiger partial charge is 0.472 e. The van der Waals surface area contributed by atoms with Crippen LogP contribution in [0.1, 0.15) is 129 Å². The second-order valence-electron chi connectivity index (χ2n) is 13.2. The molecule has 0 aliphatic rings. The highest BCUT2D eigenvalue weighted by atomic mass is 31.2. The van der Waals surface area contributed by atoms with Gasteiger partial charge in [0.1, 0.15) is 12.7 Å². The Labute approximate surface area is 344 Å². The second-order valence-corrected chi connectivity index (χ2v) is 14.7. The summed E-state index contributed by atoms with van der Waals surface area (Å²) in [7, 11) is -4.65. The number of unbranched alkanes of at least 4 members (excludes halogenated alkanes) is 5. The Kier molecular flexibility index (Phi) is 38.4. The quantitative estimate of drug-likeness (QED) is 0.0239. The molecule has 0 rings (SSSR count). The van der Waals surface area contributed by atoms with Gasteiger partial charge < -0.3 is 24.6 Å². The summed E-state index contributed by atoms with van der Waals surface area (Å²) in [5.74, 6) is -1.06. The number of phosphoric ester groups is 1. The minimum atomic E-state index is -4.65. The molecular weight excluding hydrogens is 743 g/mol. The van der Waals surface area contributed by atoms with Gasteiger partial charge in [-0.1, -0.05) is 142 Å². The maximum absolute atomic E-state index is 12.6. The lowest BCUT2D eigenvalue weighted by Gasteiger charge is -2.20. The van der Waals surface area contributed by atoms with Crippen molar-refractivity contribution in [3.8, 4) is 0 Å². The van der Waals surface area contributed by atoms with Crippen molar-refractivity contribution in [2.45, 2.75) is 142 Å². The molecule has 0 aromatic rings. The molecule has 0 aliphatic heterocycles. The van der Waals surface area contributed by atoms with Crippen molar-refractivity contribution in [3.63, 3.8) is 0 Å². The Morgan fingerprint density at radius 2 is 0.947 bits per heavy atom. The highest BCUT2D eigenvalue weighted by molar-refractivity contribution is 7.47. The molecule has 322 valence electrons. The first-order valence-corrected chi connectivity index (χ1v) is 22.3. The molecule has 0 aliphatic carbocycles. The molecule has 10 nitrogen and oxygen atoms in total. The molecule has 0 fully saturated rings. The van der Waals surface area contributed by atoms with Gasteiger partial charge in [-0.25, -0.2) is 4.57 Å². The van der Waals surface area contributed by atoms with Crippen molar-refractivity contribution < 1.29 is 47.8 Å². The van der Waals surface area contributed by atoms with Gasteiger partial charge in [0, 0.05) is 12.8 Å². The molecule has 0 saturated heterocycles. The van der Waals surface area contributed by atoms with E-state index in [1.807, 2.05) is 12.2 Å². The van der Waals surface area contributed by atoms with Crippen molar-refractivity contribution in [1.29, 1.82) is 0 Å². The Morgan fingerprint density at radius 3 is 1.44 bits per heavy atom. The molecule has 57 heavy (non-hydrogen) atoms. The molecular formula is C46H73O10P. The number of hydrogen-bond donors (Lipinski definition) is 3. The zero-order valence-electron chi connectivity index (χ0n) is 34.7. The predicted molar refractivity (Wildman–Crippen MR) is 232 cm³/mol. The van der Waals surface area contributed by atoms with Crippen LogP contribution in [-0.4, -0.2) is 65.7 Å². The van der Waals surface area contributed by atoms with Crippen LogP contribution in [0.2, 0.25) is 0 Å². The van der Waals surface area contributed by atoms with Crippen molar-refractivity contribution in [1.82, 2.24) is 0 Å². The van der Waals surface area contributed by atoms with Gasteiger partial charge >= 0.3 is 19.8 Å². The normalized spacial score (nSPS) is 15.0. The fourth-order valence-electron chi connectivity index (χ4n) is 4.80. The van der Waals surface area contributed by atoms with Gasteiger partial charge in [-0.2, -0.15) is 0 Å². The third kappa shape index (κ3) is 40.6. The summed E-state index contributed by atoms with van der Waals surface area (Å²) < 4.78 is 32.6. The maximum atomic E-state index is 12.6. The molecule has 0 aromatic carbocycles. The summed E-state index contributed by atoms with van der Waals surface area (Å²) in [4.78, 5) is 34.9. The molecule has 0 amide bonds. The number of aliphatic hydroxyl groups is 2. The lowest BCUT2D eigenvalue weighted by molar-refractivity contribution is -0.161.